The van der Waals surface area contributed by atoms with Crippen LogP contribution in [0.2, 0.25) is 0 Å². The maximum Gasteiger partial charge on any atom is 0.132 e. The molecule has 0 radical (unpaired) electrons. The molecule has 0 spiro atoms. The average molecular weight is 246 g/mol. The lowest BCUT2D eigenvalue weighted by Crippen LogP contribution is -2.40. The van der Waals surface area contributed by atoms with Gasteiger partial charge in [-0.1, -0.05) is 30.3 Å². The van der Waals surface area contributed by atoms with Gasteiger partial charge in [-0.3, -0.25) is 4.79 Å². The van der Waals surface area contributed by atoms with E-state index in [1.165, 1.54) is 5.56 Å². The van der Waals surface area contributed by atoms with E-state index in [1.54, 1.807) is 6.92 Å². The minimum Gasteiger partial charge on any atom is -0.371 e. The van der Waals surface area contributed by atoms with E-state index in [1.807, 2.05) is 6.07 Å². The first-order valence-corrected chi connectivity index (χ1v) is 6.79. The van der Waals surface area contributed by atoms with E-state index >= 15 is 0 Å². The van der Waals surface area contributed by atoms with E-state index < -0.39 is 0 Å². The smallest absolute Gasteiger partial charge is 0.132 e. The Morgan fingerprint density at radius 2 is 2.11 bits per heavy atom. The highest BCUT2D eigenvalue weighted by molar-refractivity contribution is 5.76. The van der Waals surface area contributed by atoms with E-state index in [4.69, 9.17) is 4.74 Å². The van der Waals surface area contributed by atoms with Gasteiger partial charge in [-0.05, 0) is 45.1 Å². The van der Waals surface area contributed by atoms with E-state index in [-0.39, 0.29) is 17.5 Å². The van der Waals surface area contributed by atoms with Crippen LogP contribution in [0.25, 0.3) is 0 Å². The van der Waals surface area contributed by atoms with Gasteiger partial charge < -0.3 is 4.74 Å². The van der Waals surface area contributed by atoms with Gasteiger partial charge >= 0.3 is 0 Å². The number of carbonyl (C=O) groups excluding carboxylic acids is 1. The second-order valence-corrected chi connectivity index (χ2v) is 5.65. The van der Waals surface area contributed by atoms with E-state index in [0.717, 1.165) is 25.7 Å². The Morgan fingerprint density at radius 3 is 2.78 bits per heavy atom. The summed E-state index contributed by atoms with van der Waals surface area (Å²) in [6, 6.07) is 10.4. The lowest BCUT2D eigenvalue weighted by Gasteiger charge is -2.38. The molecule has 98 valence electrons. The van der Waals surface area contributed by atoms with Gasteiger partial charge in [-0.2, -0.15) is 0 Å². The molecule has 1 aromatic rings. The fraction of sp³-hybridized carbons (Fsp3) is 0.562. The first-order valence-electron chi connectivity index (χ1n) is 6.79. The average Bonchev–Trinajstić information content (AvgIpc) is 2.28. The summed E-state index contributed by atoms with van der Waals surface area (Å²) in [4.78, 5) is 11.3. The third-order valence-electron chi connectivity index (χ3n) is 3.61. The molecule has 0 amide bonds. The fourth-order valence-corrected chi connectivity index (χ4v) is 2.90. The minimum absolute atomic E-state index is 0.220. The molecule has 0 unspecified atom stereocenters. The third-order valence-corrected chi connectivity index (χ3v) is 3.61. The van der Waals surface area contributed by atoms with E-state index in [9.17, 15) is 4.79 Å². The number of hydrogen-bond donors (Lipinski definition) is 0. The van der Waals surface area contributed by atoms with Crippen LogP contribution in [-0.2, 0) is 16.0 Å². The summed E-state index contributed by atoms with van der Waals surface area (Å²) in [5.41, 5.74) is 1.07. The largest absolute Gasteiger partial charge is 0.371 e. The van der Waals surface area contributed by atoms with Crippen LogP contribution in [0, 0.1) is 0 Å². The van der Waals surface area contributed by atoms with Crippen molar-refractivity contribution in [3.05, 3.63) is 35.9 Å². The lowest BCUT2D eigenvalue weighted by atomic mass is 9.87. The van der Waals surface area contributed by atoms with Crippen molar-refractivity contribution in [2.75, 3.05) is 0 Å². The highest BCUT2D eigenvalue weighted by Gasteiger charge is 2.33. The van der Waals surface area contributed by atoms with Crippen LogP contribution in [0.5, 0.6) is 0 Å². The summed E-state index contributed by atoms with van der Waals surface area (Å²) < 4.78 is 6.17. The Balaban J connectivity index is 1.96. The maximum absolute atomic E-state index is 11.3. The number of rotatable bonds is 4. The number of Topliss-reactive ketones (excluding diaryl/α,β-unsaturated/α-hetero) is 1. The quantitative estimate of drug-likeness (QED) is 0.812. The van der Waals surface area contributed by atoms with Crippen molar-refractivity contribution in [2.45, 2.75) is 57.7 Å². The van der Waals surface area contributed by atoms with E-state index in [2.05, 4.69) is 31.2 Å². The normalized spacial score (nSPS) is 28.0. The van der Waals surface area contributed by atoms with Crippen LogP contribution in [-0.4, -0.2) is 17.5 Å². The monoisotopic (exact) mass is 246 g/mol. The SMILES string of the molecule is CC(=O)C[C@]1(C)CCC[C@@H](Cc2ccccc2)O1. The van der Waals surface area contributed by atoms with Gasteiger partial charge in [0.15, 0.2) is 0 Å². The predicted molar refractivity (Wildman–Crippen MR) is 72.6 cm³/mol. The topological polar surface area (TPSA) is 26.3 Å². The highest BCUT2D eigenvalue weighted by atomic mass is 16.5. The first kappa shape index (κ1) is 13.3. The Bertz CT molecular complexity index is 399. The molecule has 1 aromatic carbocycles. The van der Waals surface area contributed by atoms with Crippen LogP contribution in [0.1, 0.15) is 45.1 Å². The number of carbonyl (C=O) groups is 1. The summed E-state index contributed by atoms with van der Waals surface area (Å²) in [6.45, 7) is 3.72. The zero-order valence-corrected chi connectivity index (χ0v) is 11.3. The molecule has 1 saturated heterocycles. The van der Waals surface area contributed by atoms with Gasteiger partial charge in [0.25, 0.3) is 0 Å². The standard InChI is InChI=1S/C16H22O2/c1-13(17)12-16(2)10-6-9-15(18-16)11-14-7-4-3-5-8-14/h3-5,7-8,15H,6,9-12H2,1-2H3/t15-,16-/m0/s1. The Morgan fingerprint density at radius 1 is 1.39 bits per heavy atom. The van der Waals surface area contributed by atoms with Crippen molar-refractivity contribution in [1.29, 1.82) is 0 Å². The highest BCUT2D eigenvalue weighted by Crippen LogP contribution is 2.32. The van der Waals surface area contributed by atoms with Crippen molar-refractivity contribution in [3.8, 4) is 0 Å². The van der Waals surface area contributed by atoms with Crippen LogP contribution in [0.3, 0.4) is 0 Å². The van der Waals surface area contributed by atoms with Crippen molar-refractivity contribution >= 4 is 5.78 Å². The lowest BCUT2D eigenvalue weighted by molar-refractivity contribution is -0.140. The van der Waals surface area contributed by atoms with Crippen LogP contribution >= 0.6 is 0 Å². The molecule has 0 aromatic heterocycles. The van der Waals surface area contributed by atoms with Crippen LogP contribution < -0.4 is 0 Å². The Kier molecular flexibility index (Phi) is 4.18. The summed E-state index contributed by atoms with van der Waals surface area (Å²) in [5, 5.41) is 0. The van der Waals surface area contributed by atoms with Gasteiger partial charge in [0.2, 0.25) is 0 Å². The maximum atomic E-state index is 11.3. The molecule has 1 aliphatic rings. The molecule has 2 atom stereocenters. The van der Waals surface area contributed by atoms with E-state index in [0.29, 0.717) is 6.42 Å². The number of benzene rings is 1. The summed E-state index contributed by atoms with van der Waals surface area (Å²) >= 11 is 0. The summed E-state index contributed by atoms with van der Waals surface area (Å²) in [6.07, 6.45) is 5.00. The molecule has 0 aliphatic carbocycles. The Hall–Kier alpha value is -1.15. The summed E-state index contributed by atoms with van der Waals surface area (Å²) in [7, 11) is 0. The number of ketones is 1. The van der Waals surface area contributed by atoms with Gasteiger partial charge in [0, 0.05) is 6.42 Å². The molecule has 0 saturated carbocycles. The molecule has 2 rings (SSSR count). The van der Waals surface area contributed by atoms with Gasteiger partial charge in [-0.25, -0.2) is 0 Å². The van der Waals surface area contributed by atoms with Gasteiger partial charge in [0.1, 0.15) is 5.78 Å². The molecule has 1 aliphatic heterocycles. The van der Waals surface area contributed by atoms with Crippen molar-refractivity contribution in [3.63, 3.8) is 0 Å². The minimum atomic E-state index is -0.246. The second-order valence-electron chi connectivity index (χ2n) is 5.65. The van der Waals surface area contributed by atoms with Gasteiger partial charge in [-0.15, -0.1) is 0 Å². The molecule has 0 N–H and O–H groups in total. The van der Waals surface area contributed by atoms with Crippen LogP contribution in [0.4, 0.5) is 0 Å². The van der Waals surface area contributed by atoms with Crippen molar-refractivity contribution in [1.82, 2.24) is 0 Å². The molecule has 2 nitrogen and oxygen atoms in total. The number of hydrogen-bond acceptors (Lipinski definition) is 2. The second kappa shape index (κ2) is 5.66. The third kappa shape index (κ3) is 3.67. The molecular weight excluding hydrogens is 224 g/mol. The van der Waals surface area contributed by atoms with Crippen molar-refractivity contribution < 1.29 is 9.53 Å². The molecule has 2 heteroatoms. The number of ether oxygens (including phenoxy) is 1. The molecule has 0 bridgehead atoms. The zero-order valence-electron chi connectivity index (χ0n) is 11.3. The molecular formula is C16H22O2. The molecule has 1 fully saturated rings. The van der Waals surface area contributed by atoms with Crippen LogP contribution in [0.15, 0.2) is 30.3 Å². The van der Waals surface area contributed by atoms with Gasteiger partial charge in [0.05, 0.1) is 11.7 Å². The van der Waals surface area contributed by atoms with Crippen molar-refractivity contribution in [2.24, 2.45) is 0 Å². The Labute approximate surface area is 109 Å². The predicted octanol–water partition coefficient (Wildman–Crippen LogP) is 3.54. The first-order chi connectivity index (χ1) is 8.57. The molecule has 1 heterocycles. The molecule has 18 heavy (non-hydrogen) atoms. The zero-order chi connectivity index (χ0) is 13.0. The fourth-order valence-electron chi connectivity index (χ4n) is 2.90. The summed E-state index contributed by atoms with van der Waals surface area (Å²) in [5.74, 6) is 0.220.